The zero-order valence-corrected chi connectivity index (χ0v) is 24.0. The average molecular weight is 574 g/mol. The third-order valence-electron chi connectivity index (χ3n) is 6.44. The molecule has 0 heterocycles. The minimum absolute atomic E-state index is 0.0169. The largest absolute Gasteiger partial charge is 0.352 e. The van der Waals surface area contributed by atoms with Crippen LogP contribution in [0.2, 0.25) is 5.02 Å². The molecule has 0 bridgehead atoms. The fraction of sp³-hybridized carbons (Fsp3) is 0.310. The van der Waals surface area contributed by atoms with Gasteiger partial charge < -0.3 is 10.2 Å². The van der Waals surface area contributed by atoms with Crippen LogP contribution in [-0.2, 0) is 26.2 Å². The Bertz CT molecular complexity index is 1380. The molecule has 0 aliphatic rings. The van der Waals surface area contributed by atoms with E-state index in [9.17, 15) is 22.4 Å². The quantitative estimate of drug-likeness (QED) is 0.337. The van der Waals surface area contributed by atoms with Gasteiger partial charge in [0.05, 0.1) is 10.6 Å². The molecule has 0 aliphatic heterocycles. The third-order valence-corrected chi connectivity index (χ3v) is 8.48. The molecule has 3 aromatic carbocycles. The highest BCUT2D eigenvalue weighted by Gasteiger charge is 2.32. The second-order valence-corrected chi connectivity index (χ2v) is 11.7. The van der Waals surface area contributed by atoms with Gasteiger partial charge in [-0.05, 0) is 81.3 Å². The molecule has 3 aromatic rings. The lowest BCUT2D eigenvalue weighted by Gasteiger charge is -2.32. The molecule has 3 rings (SSSR count). The number of hydrogen-bond acceptors (Lipinski definition) is 4. The average Bonchev–Trinajstić information content (AvgIpc) is 2.91. The zero-order chi connectivity index (χ0) is 28.7. The summed E-state index contributed by atoms with van der Waals surface area (Å²) >= 11 is 5.97. The Morgan fingerprint density at radius 3 is 2.10 bits per heavy atom. The first kappa shape index (κ1) is 30.1. The van der Waals surface area contributed by atoms with E-state index in [4.69, 9.17) is 11.6 Å². The summed E-state index contributed by atoms with van der Waals surface area (Å²) in [5.41, 5.74) is 1.81. The van der Waals surface area contributed by atoms with E-state index in [0.717, 1.165) is 9.87 Å². The summed E-state index contributed by atoms with van der Waals surface area (Å²) in [6, 6.07) is 17.0. The van der Waals surface area contributed by atoms with Gasteiger partial charge in [0.2, 0.25) is 11.8 Å². The van der Waals surface area contributed by atoms with E-state index < -0.39 is 34.3 Å². The van der Waals surface area contributed by atoms with Crippen LogP contribution in [0.1, 0.15) is 38.3 Å². The summed E-state index contributed by atoms with van der Waals surface area (Å²) in [5, 5.41) is 3.25. The van der Waals surface area contributed by atoms with Crippen molar-refractivity contribution in [3.63, 3.8) is 0 Å². The highest BCUT2D eigenvalue weighted by molar-refractivity contribution is 7.92. The minimum Gasteiger partial charge on any atom is -0.352 e. The molecule has 208 valence electrons. The maximum atomic E-state index is 13.8. The molecule has 2 amide bonds. The highest BCUT2D eigenvalue weighted by Crippen LogP contribution is 2.26. The molecule has 0 saturated carbocycles. The van der Waals surface area contributed by atoms with Crippen LogP contribution >= 0.6 is 11.6 Å². The molecule has 1 N–H and O–H groups in total. The summed E-state index contributed by atoms with van der Waals surface area (Å²) in [6.07, 6.45) is 0.699. The predicted octanol–water partition coefficient (Wildman–Crippen LogP) is 5.31. The summed E-state index contributed by atoms with van der Waals surface area (Å²) in [6.45, 7) is 6.66. The van der Waals surface area contributed by atoms with Gasteiger partial charge in [0.25, 0.3) is 10.0 Å². The summed E-state index contributed by atoms with van der Waals surface area (Å²) in [5.74, 6) is -1.40. The van der Waals surface area contributed by atoms with E-state index in [2.05, 4.69) is 5.32 Å². The Balaban J connectivity index is 2.01. The van der Waals surface area contributed by atoms with Gasteiger partial charge in [-0.3, -0.25) is 13.9 Å². The van der Waals surface area contributed by atoms with Crippen LogP contribution in [-0.4, -0.2) is 43.8 Å². The van der Waals surface area contributed by atoms with Crippen LogP contribution < -0.4 is 9.62 Å². The van der Waals surface area contributed by atoms with Gasteiger partial charge in [-0.25, -0.2) is 12.8 Å². The first-order valence-corrected chi connectivity index (χ1v) is 14.4. The topological polar surface area (TPSA) is 86.8 Å². The number of sulfonamides is 1. The zero-order valence-electron chi connectivity index (χ0n) is 22.4. The Morgan fingerprint density at radius 2 is 1.54 bits per heavy atom. The van der Waals surface area contributed by atoms with Gasteiger partial charge in [-0.1, -0.05) is 48.4 Å². The number of rotatable bonds is 11. The van der Waals surface area contributed by atoms with E-state index in [-0.39, 0.29) is 23.4 Å². The van der Waals surface area contributed by atoms with Gasteiger partial charge in [0.15, 0.2) is 0 Å². The normalized spacial score (nSPS) is 12.9. The number of halogens is 2. The molecule has 0 saturated heterocycles. The smallest absolute Gasteiger partial charge is 0.264 e. The molecular formula is C29H33ClFN3O4S. The number of amides is 2. The monoisotopic (exact) mass is 573 g/mol. The second kappa shape index (κ2) is 13.1. The maximum absolute atomic E-state index is 13.8. The molecule has 7 nitrogen and oxygen atoms in total. The van der Waals surface area contributed by atoms with Crippen LogP contribution in [0, 0.1) is 12.7 Å². The first-order chi connectivity index (χ1) is 18.4. The summed E-state index contributed by atoms with van der Waals surface area (Å²) in [4.78, 5) is 28.2. The Kier molecular flexibility index (Phi) is 10.1. The number of nitrogens with one attached hydrogen (secondary N) is 1. The predicted molar refractivity (Wildman–Crippen MR) is 151 cm³/mol. The minimum atomic E-state index is -4.18. The maximum Gasteiger partial charge on any atom is 0.264 e. The van der Waals surface area contributed by atoms with Gasteiger partial charge >= 0.3 is 0 Å². The molecule has 0 aliphatic carbocycles. The lowest BCUT2D eigenvalue weighted by Crippen LogP contribution is -2.52. The lowest BCUT2D eigenvalue weighted by molar-refractivity contribution is -0.139. The van der Waals surface area contributed by atoms with Crippen molar-refractivity contribution < 1.29 is 22.4 Å². The Labute approximate surface area is 234 Å². The standard InChI is InChI=1S/C29H33ClFN3O4S/c1-5-21(3)32-29(36)22(4)33(18-23-8-12-25(31)13-9-23)28(35)19-34(26-14-6-20(2)7-15-26)39(37,38)27-16-10-24(30)11-17-27/h6-17,21-22H,5,18-19H2,1-4H3,(H,32,36). The summed E-state index contributed by atoms with van der Waals surface area (Å²) < 4.78 is 42.1. The van der Waals surface area contributed by atoms with Crippen molar-refractivity contribution in [3.8, 4) is 0 Å². The van der Waals surface area contributed by atoms with E-state index in [1.54, 1.807) is 31.2 Å². The number of hydrogen-bond donors (Lipinski definition) is 1. The van der Waals surface area contributed by atoms with Crippen molar-refractivity contribution in [3.05, 3.63) is 94.8 Å². The molecule has 2 atom stereocenters. The van der Waals surface area contributed by atoms with E-state index in [1.807, 2.05) is 20.8 Å². The fourth-order valence-corrected chi connectivity index (χ4v) is 5.35. The second-order valence-electron chi connectivity index (χ2n) is 9.44. The molecule has 0 radical (unpaired) electrons. The third kappa shape index (κ3) is 7.80. The molecule has 0 spiro atoms. The number of carbonyl (C=O) groups excluding carboxylic acids is 2. The first-order valence-electron chi connectivity index (χ1n) is 12.6. The summed E-state index contributed by atoms with van der Waals surface area (Å²) in [7, 11) is -4.18. The van der Waals surface area contributed by atoms with Crippen molar-refractivity contribution in [1.82, 2.24) is 10.2 Å². The van der Waals surface area contributed by atoms with Crippen molar-refractivity contribution >= 4 is 39.1 Å². The molecule has 2 unspecified atom stereocenters. The van der Waals surface area contributed by atoms with E-state index >= 15 is 0 Å². The fourth-order valence-electron chi connectivity index (χ4n) is 3.81. The van der Waals surface area contributed by atoms with Crippen molar-refractivity contribution in [2.75, 3.05) is 10.8 Å². The van der Waals surface area contributed by atoms with Crippen LogP contribution in [0.5, 0.6) is 0 Å². The molecule has 0 aromatic heterocycles. The van der Waals surface area contributed by atoms with Crippen molar-refractivity contribution in [2.24, 2.45) is 0 Å². The van der Waals surface area contributed by atoms with Crippen molar-refractivity contribution in [1.29, 1.82) is 0 Å². The lowest BCUT2D eigenvalue weighted by atomic mass is 10.1. The molecular weight excluding hydrogens is 541 g/mol. The number of benzene rings is 3. The molecule has 10 heteroatoms. The Hall–Kier alpha value is -3.43. The van der Waals surface area contributed by atoms with Gasteiger partial charge in [0, 0.05) is 17.6 Å². The van der Waals surface area contributed by atoms with E-state index in [1.165, 1.54) is 53.4 Å². The molecule has 0 fully saturated rings. The van der Waals surface area contributed by atoms with Crippen LogP contribution in [0.15, 0.2) is 77.7 Å². The number of nitrogens with zero attached hydrogens (tertiary/aromatic N) is 2. The van der Waals surface area contributed by atoms with Crippen LogP contribution in [0.3, 0.4) is 0 Å². The van der Waals surface area contributed by atoms with Gasteiger partial charge in [-0.15, -0.1) is 0 Å². The van der Waals surface area contributed by atoms with Gasteiger partial charge in [-0.2, -0.15) is 0 Å². The van der Waals surface area contributed by atoms with E-state index in [0.29, 0.717) is 22.7 Å². The number of anilines is 1. The van der Waals surface area contributed by atoms with Gasteiger partial charge in [0.1, 0.15) is 18.4 Å². The van der Waals surface area contributed by atoms with Crippen LogP contribution in [0.25, 0.3) is 0 Å². The Morgan fingerprint density at radius 1 is 0.949 bits per heavy atom. The molecule has 39 heavy (non-hydrogen) atoms. The number of aryl methyl sites for hydroxylation is 1. The highest BCUT2D eigenvalue weighted by atomic mass is 35.5. The number of carbonyl (C=O) groups is 2. The van der Waals surface area contributed by atoms with Crippen molar-refractivity contribution in [2.45, 2.75) is 57.6 Å². The van der Waals surface area contributed by atoms with Crippen LogP contribution in [0.4, 0.5) is 10.1 Å². The SMILES string of the molecule is CCC(C)NC(=O)C(C)N(Cc1ccc(F)cc1)C(=O)CN(c1ccc(C)cc1)S(=O)(=O)c1ccc(Cl)cc1.